The Morgan fingerprint density at radius 3 is 2.55 bits per heavy atom. The van der Waals surface area contributed by atoms with Crippen molar-refractivity contribution < 1.29 is 25.8 Å². The van der Waals surface area contributed by atoms with Crippen molar-refractivity contribution in [1.29, 1.82) is 0 Å². The van der Waals surface area contributed by atoms with Crippen molar-refractivity contribution in [2.45, 2.75) is 5.51 Å². The predicted octanol–water partition coefficient (Wildman–Crippen LogP) is 3.27. The van der Waals surface area contributed by atoms with Gasteiger partial charge in [-0.3, -0.25) is 0 Å². The molecule has 0 bridgehead atoms. The van der Waals surface area contributed by atoms with Crippen molar-refractivity contribution >= 4 is 48.6 Å². The number of halogens is 5. The van der Waals surface area contributed by atoms with Crippen molar-refractivity contribution in [3.8, 4) is 5.75 Å². The van der Waals surface area contributed by atoms with Crippen LogP contribution in [-0.4, -0.2) is 23.9 Å². The zero-order valence-electron chi connectivity index (χ0n) is 9.15. The molecule has 0 aliphatic carbocycles. The van der Waals surface area contributed by atoms with Crippen LogP contribution < -0.4 is 4.18 Å². The summed E-state index contributed by atoms with van der Waals surface area (Å²) in [5.74, 6) is -0.593. The Kier molecular flexibility index (Phi) is 3.82. The minimum absolute atomic E-state index is 0.160. The summed E-state index contributed by atoms with van der Waals surface area (Å²) < 4.78 is 63.4. The number of alkyl halides is 3. The van der Waals surface area contributed by atoms with E-state index >= 15 is 0 Å². The van der Waals surface area contributed by atoms with E-state index in [2.05, 4.69) is 30.1 Å². The largest absolute Gasteiger partial charge is 0.534 e. The van der Waals surface area contributed by atoms with Gasteiger partial charge in [-0.2, -0.15) is 21.6 Å². The zero-order valence-corrected chi connectivity index (χ0v) is 12.3. The number of benzene rings is 1. The second-order valence-corrected chi connectivity index (χ2v) is 6.16. The fourth-order valence-electron chi connectivity index (χ4n) is 1.27. The highest BCUT2D eigenvalue weighted by Crippen LogP contribution is 2.34. The summed E-state index contributed by atoms with van der Waals surface area (Å²) in [5.41, 5.74) is -5.70. The highest BCUT2D eigenvalue weighted by atomic mass is 79.9. The molecule has 0 saturated heterocycles. The Morgan fingerprint density at radius 2 is 1.95 bits per heavy atom. The Labute approximate surface area is 124 Å². The van der Waals surface area contributed by atoms with Crippen LogP contribution in [0.1, 0.15) is 0 Å². The monoisotopic (exact) mass is 390 g/mol. The Morgan fingerprint density at radius 1 is 1.30 bits per heavy atom. The van der Waals surface area contributed by atoms with Gasteiger partial charge >= 0.3 is 15.6 Å². The molecule has 0 N–H and O–H groups in total. The van der Waals surface area contributed by atoms with E-state index in [0.717, 1.165) is 6.07 Å². The number of rotatable bonds is 2. The lowest BCUT2D eigenvalue weighted by atomic mass is 10.2. The number of hydrogen-bond donors (Lipinski definition) is 0. The van der Waals surface area contributed by atoms with Crippen molar-refractivity contribution in [3.05, 3.63) is 28.1 Å². The third kappa shape index (κ3) is 2.81. The molecular formula is C9H3BrClF3N2O3S. The highest BCUT2D eigenvalue weighted by Gasteiger charge is 2.48. The number of hydrogen-bond acceptors (Lipinski definition) is 5. The zero-order chi connectivity index (χ0) is 15.1. The first-order valence-corrected chi connectivity index (χ1v) is 7.31. The van der Waals surface area contributed by atoms with Gasteiger partial charge in [0.2, 0.25) is 5.28 Å². The molecule has 0 unspecified atom stereocenters. The molecule has 5 nitrogen and oxygen atoms in total. The lowest BCUT2D eigenvalue weighted by molar-refractivity contribution is -0.0499. The maximum Gasteiger partial charge on any atom is 0.534 e. The predicted molar refractivity (Wildman–Crippen MR) is 67.9 cm³/mol. The summed E-state index contributed by atoms with van der Waals surface area (Å²) in [4.78, 5) is 7.32. The molecule has 2 aromatic rings. The van der Waals surface area contributed by atoms with Gasteiger partial charge in [-0.1, -0.05) is 15.9 Å². The van der Waals surface area contributed by atoms with E-state index in [1.54, 1.807) is 0 Å². The molecule has 0 fully saturated rings. The molecule has 0 aliphatic rings. The summed E-state index contributed by atoms with van der Waals surface area (Å²) >= 11 is 8.66. The molecular weight excluding hydrogens is 389 g/mol. The standard InChI is InChI=1S/C9H3BrClF3N2O3S/c10-5-1-2-6(19-20(17,18)9(12,13)14)7-4(5)3-15-8(11)16-7/h1-3H. The van der Waals surface area contributed by atoms with E-state index in [1.165, 1.54) is 12.3 Å². The summed E-state index contributed by atoms with van der Waals surface area (Å²) in [5, 5.41) is -0.00543. The third-order valence-electron chi connectivity index (χ3n) is 2.11. The van der Waals surface area contributed by atoms with Crippen LogP contribution >= 0.6 is 27.5 Å². The van der Waals surface area contributed by atoms with Gasteiger partial charge in [0.25, 0.3) is 0 Å². The normalized spacial score (nSPS) is 12.7. The van der Waals surface area contributed by atoms with E-state index in [9.17, 15) is 21.6 Å². The molecule has 108 valence electrons. The molecule has 20 heavy (non-hydrogen) atoms. The summed E-state index contributed by atoms with van der Waals surface area (Å²) in [7, 11) is -5.79. The minimum Gasteiger partial charge on any atom is -0.374 e. The van der Waals surface area contributed by atoms with Crippen LogP contribution in [0.15, 0.2) is 22.8 Å². The maximum atomic E-state index is 12.3. The van der Waals surface area contributed by atoms with Crippen molar-refractivity contribution in [3.63, 3.8) is 0 Å². The molecule has 0 atom stereocenters. The van der Waals surface area contributed by atoms with Crippen LogP contribution in [0.2, 0.25) is 5.28 Å². The van der Waals surface area contributed by atoms with Gasteiger partial charge < -0.3 is 4.18 Å². The van der Waals surface area contributed by atoms with E-state index < -0.39 is 21.4 Å². The molecule has 0 saturated carbocycles. The second kappa shape index (κ2) is 5.01. The molecule has 1 heterocycles. The van der Waals surface area contributed by atoms with E-state index in [1.807, 2.05) is 0 Å². The van der Waals surface area contributed by atoms with Crippen LogP contribution in [0.25, 0.3) is 10.9 Å². The molecule has 0 aliphatic heterocycles. The number of nitrogens with zero attached hydrogens (tertiary/aromatic N) is 2. The van der Waals surface area contributed by atoms with Gasteiger partial charge in [0, 0.05) is 16.1 Å². The molecule has 2 rings (SSSR count). The topological polar surface area (TPSA) is 69.2 Å². The van der Waals surface area contributed by atoms with Crippen LogP contribution in [0.5, 0.6) is 5.75 Å². The average molecular weight is 392 g/mol. The SMILES string of the molecule is O=S(=O)(Oc1ccc(Br)c2cnc(Cl)nc12)C(F)(F)F. The van der Waals surface area contributed by atoms with Crippen molar-refractivity contribution in [2.75, 3.05) is 0 Å². The summed E-state index contributed by atoms with van der Waals surface area (Å²) in [6.07, 6.45) is 1.22. The van der Waals surface area contributed by atoms with Crippen LogP contribution in [0.4, 0.5) is 13.2 Å². The quantitative estimate of drug-likeness (QED) is 0.446. The highest BCUT2D eigenvalue weighted by molar-refractivity contribution is 9.10. The fraction of sp³-hybridized carbons (Fsp3) is 0.111. The number of fused-ring (bicyclic) bond motifs is 1. The first-order valence-electron chi connectivity index (χ1n) is 4.73. The molecule has 1 aromatic heterocycles. The third-order valence-corrected chi connectivity index (χ3v) is 3.95. The van der Waals surface area contributed by atoms with Gasteiger partial charge in [-0.25, -0.2) is 9.97 Å². The first kappa shape index (κ1) is 15.3. The van der Waals surface area contributed by atoms with Gasteiger partial charge in [0.1, 0.15) is 5.52 Å². The molecule has 1 aromatic carbocycles. The molecule has 0 spiro atoms. The van der Waals surface area contributed by atoms with Crippen LogP contribution in [0, 0.1) is 0 Å². The fourth-order valence-corrected chi connectivity index (χ4v) is 2.29. The molecule has 0 radical (unpaired) electrons. The van der Waals surface area contributed by atoms with Gasteiger partial charge in [-0.15, -0.1) is 0 Å². The number of aromatic nitrogens is 2. The lowest BCUT2D eigenvalue weighted by Gasteiger charge is -2.11. The Bertz CT molecular complexity index is 782. The van der Waals surface area contributed by atoms with Crippen LogP contribution in [0.3, 0.4) is 0 Å². The Balaban J connectivity index is 2.62. The van der Waals surface area contributed by atoms with E-state index in [0.29, 0.717) is 4.47 Å². The molecule has 11 heteroatoms. The van der Waals surface area contributed by atoms with Crippen molar-refractivity contribution in [2.24, 2.45) is 0 Å². The lowest BCUT2D eigenvalue weighted by Crippen LogP contribution is -2.28. The van der Waals surface area contributed by atoms with Crippen LogP contribution in [-0.2, 0) is 10.1 Å². The maximum absolute atomic E-state index is 12.3. The Hall–Kier alpha value is -1.13. The second-order valence-electron chi connectivity index (χ2n) is 3.43. The minimum atomic E-state index is -5.79. The molecule has 0 amide bonds. The van der Waals surface area contributed by atoms with Gasteiger partial charge in [-0.05, 0) is 23.7 Å². The van der Waals surface area contributed by atoms with E-state index in [-0.39, 0.29) is 16.2 Å². The van der Waals surface area contributed by atoms with E-state index in [4.69, 9.17) is 11.6 Å². The first-order chi connectivity index (χ1) is 9.12. The van der Waals surface area contributed by atoms with Gasteiger partial charge in [0.15, 0.2) is 5.75 Å². The van der Waals surface area contributed by atoms with Gasteiger partial charge in [0.05, 0.1) is 0 Å². The summed E-state index contributed by atoms with van der Waals surface area (Å²) in [6, 6.07) is 2.33. The average Bonchev–Trinajstić information content (AvgIpc) is 2.31. The summed E-state index contributed by atoms with van der Waals surface area (Å²) in [6.45, 7) is 0. The van der Waals surface area contributed by atoms with Crippen molar-refractivity contribution in [1.82, 2.24) is 9.97 Å². The smallest absolute Gasteiger partial charge is 0.374 e.